The molecule has 1 aromatic rings. The number of carbonyl (C=O) groups is 2. The third kappa shape index (κ3) is 2.41. The van der Waals surface area contributed by atoms with Crippen LogP contribution in [-0.2, 0) is 9.59 Å². The van der Waals surface area contributed by atoms with E-state index >= 15 is 0 Å². The van der Waals surface area contributed by atoms with Gasteiger partial charge in [-0.25, -0.2) is 0 Å². The zero-order chi connectivity index (χ0) is 13.2. The molecule has 2 heterocycles. The average molecular weight is 260 g/mol. The van der Waals surface area contributed by atoms with Crippen LogP contribution in [0.4, 0.5) is 0 Å². The lowest BCUT2D eigenvalue weighted by Crippen LogP contribution is -2.52. The molecule has 1 N–H and O–H groups in total. The van der Waals surface area contributed by atoms with Crippen LogP contribution in [0.5, 0.6) is 5.75 Å². The van der Waals surface area contributed by atoms with Crippen molar-refractivity contribution in [3.63, 3.8) is 0 Å². The van der Waals surface area contributed by atoms with Gasteiger partial charge in [-0.15, -0.1) is 0 Å². The first kappa shape index (κ1) is 12.0. The molecule has 2 aliphatic heterocycles. The zero-order valence-corrected chi connectivity index (χ0v) is 10.6. The Morgan fingerprint density at radius 1 is 1.32 bits per heavy atom. The lowest BCUT2D eigenvalue weighted by atomic mass is 9.92. The molecule has 5 nitrogen and oxygen atoms in total. The van der Waals surface area contributed by atoms with Crippen molar-refractivity contribution in [1.29, 1.82) is 0 Å². The van der Waals surface area contributed by atoms with Crippen molar-refractivity contribution in [2.75, 3.05) is 26.2 Å². The monoisotopic (exact) mass is 260 g/mol. The quantitative estimate of drug-likeness (QED) is 0.843. The Labute approximate surface area is 111 Å². The van der Waals surface area contributed by atoms with E-state index in [4.69, 9.17) is 4.74 Å². The van der Waals surface area contributed by atoms with Gasteiger partial charge in [0.25, 0.3) is 0 Å². The Balaban J connectivity index is 1.77. The highest BCUT2D eigenvalue weighted by molar-refractivity contribution is 5.92. The maximum Gasteiger partial charge on any atom is 0.242 e. The molecule has 3 rings (SSSR count). The molecule has 1 saturated heterocycles. The molecule has 19 heavy (non-hydrogen) atoms. The average Bonchev–Trinajstić information content (AvgIpc) is 2.43. The summed E-state index contributed by atoms with van der Waals surface area (Å²) >= 11 is 0. The molecular weight excluding hydrogens is 244 g/mol. The van der Waals surface area contributed by atoms with Gasteiger partial charge in [-0.05, 0) is 18.1 Å². The number of para-hydroxylation sites is 1. The number of carbonyl (C=O) groups excluding carboxylic acids is 2. The summed E-state index contributed by atoms with van der Waals surface area (Å²) in [6, 6.07) is 7.91. The van der Waals surface area contributed by atoms with Gasteiger partial charge in [0, 0.05) is 12.5 Å². The fraction of sp³-hybridized carbons (Fsp3) is 0.429. The van der Waals surface area contributed by atoms with E-state index in [9.17, 15) is 9.59 Å². The number of hydrogen-bond donors (Lipinski definition) is 1. The largest absolute Gasteiger partial charge is 0.493 e. The third-order valence-corrected chi connectivity index (χ3v) is 3.65. The predicted molar refractivity (Wildman–Crippen MR) is 68.9 cm³/mol. The van der Waals surface area contributed by atoms with Crippen molar-refractivity contribution in [1.82, 2.24) is 10.2 Å². The van der Waals surface area contributed by atoms with E-state index in [1.54, 1.807) is 4.90 Å². The molecule has 1 fully saturated rings. The number of ether oxygens (including phenoxy) is 1. The molecule has 0 radical (unpaired) electrons. The second-order valence-electron chi connectivity index (χ2n) is 4.92. The number of piperazine rings is 1. The van der Waals surface area contributed by atoms with Gasteiger partial charge >= 0.3 is 0 Å². The normalized spacial score (nSPS) is 22.5. The minimum absolute atomic E-state index is 0.0106. The zero-order valence-electron chi connectivity index (χ0n) is 10.6. The summed E-state index contributed by atoms with van der Waals surface area (Å²) in [6.45, 7) is 1.53. The molecular formula is C14H16N2O3. The van der Waals surface area contributed by atoms with E-state index in [1.807, 2.05) is 24.3 Å². The summed E-state index contributed by atoms with van der Waals surface area (Å²) in [5.41, 5.74) is 1.13. The van der Waals surface area contributed by atoms with Crippen molar-refractivity contribution in [2.45, 2.75) is 12.3 Å². The van der Waals surface area contributed by atoms with Crippen molar-refractivity contribution in [2.24, 2.45) is 0 Å². The molecule has 5 heteroatoms. The Bertz CT molecular complexity index is 515. The van der Waals surface area contributed by atoms with Crippen molar-refractivity contribution >= 4 is 11.8 Å². The Hall–Kier alpha value is -2.04. The molecule has 2 aliphatic rings. The molecule has 2 amide bonds. The first-order chi connectivity index (χ1) is 9.24. The van der Waals surface area contributed by atoms with Crippen LogP contribution in [0.2, 0.25) is 0 Å². The number of amides is 2. The molecule has 100 valence electrons. The highest BCUT2D eigenvalue weighted by Crippen LogP contribution is 2.33. The smallest absolute Gasteiger partial charge is 0.242 e. The molecule has 1 atom stereocenters. The number of benzene rings is 1. The second kappa shape index (κ2) is 4.91. The summed E-state index contributed by atoms with van der Waals surface area (Å²) in [6.07, 6.45) is 0.877. The van der Waals surface area contributed by atoms with E-state index < -0.39 is 0 Å². The molecule has 0 aliphatic carbocycles. The number of rotatable bonds is 2. The summed E-state index contributed by atoms with van der Waals surface area (Å²) in [5.74, 6) is 1.05. The highest BCUT2D eigenvalue weighted by Gasteiger charge is 2.28. The molecule has 0 spiro atoms. The SMILES string of the molecule is O=C1CN(CC2CCOc3ccccc32)C(=O)CN1. The van der Waals surface area contributed by atoms with Gasteiger partial charge in [0.1, 0.15) is 5.75 Å². The fourth-order valence-electron chi connectivity index (χ4n) is 2.64. The summed E-state index contributed by atoms with van der Waals surface area (Å²) in [5, 5.41) is 2.56. The van der Waals surface area contributed by atoms with Gasteiger partial charge in [0.05, 0.1) is 19.7 Å². The molecule has 1 aromatic carbocycles. The van der Waals surface area contributed by atoms with E-state index in [-0.39, 0.29) is 30.8 Å². The topological polar surface area (TPSA) is 58.6 Å². The molecule has 1 unspecified atom stereocenters. The Morgan fingerprint density at radius 3 is 3.05 bits per heavy atom. The van der Waals surface area contributed by atoms with Crippen LogP contribution in [0.3, 0.4) is 0 Å². The van der Waals surface area contributed by atoms with Gasteiger partial charge in [-0.2, -0.15) is 0 Å². The number of hydrogen-bond acceptors (Lipinski definition) is 3. The fourth-order valence-corrected chi connectivity index (χ4v) is 2.64. The van der Waals surface area contributed by atoms with E-state index in [1.165, 1.54) is 0 Å². The Kier molecular flexibility index (Phi) is 3.11. The van der Waals surface area contributed by atoms with E-state index in [0.29, 0.717) is 13.2 Å². The molecule has 0 saturated carbocycles. The second-order valence-corrected chi connectivity index (χ2v) is 4.92. The van der Waals surface area contributed by atoms with Gasteiger partial charge in [-0.3, -0.25) is 9.59 Å². The van der Waals surface area contributed by atoms with Gasteiger partial charge < -0.3 is 15.0 Å². The lowest BCUT2D eigenvalue weighted by Gasteiger charge is -2.33. The van der Waals surface area contributed by atoms with Gasteiger partial charge in [-0.1, -0.05) is 18.2 Å². The summed E-state index contributed by atoms with van der Waals surface area (Å²) < 4.78 is 5.61. The van der Waals surface area contributed by atoms with E-state index in [2.05, 4.69) is 5.32 Å². The number of nitrogens with one attached hydrogen (secondary N) is 1. The summed E-state index contributed by atoms with van der Waals surface area (Å²) in [7, 11) is 0. The maximum atomic E-state index is 11.8. The molecule has 0 aromatic heterocycles. The van der Waals surface area contributed by atoms with Crippen LogP contribution in [0.15, 0.2) is 24.3 Å². The van der Waals surface area contributed by atoms with E-state index in [0.717, 1.165) is 17.7 Å². The van der Waals surface area contributed by atoms with Crippen molar-refractivity contribution in [3.05, 3.63) is 29.8 Å². The minimum atomic E-state index is -0.0834. The maximum absolute atomic E-state index is 11.8. The summed E-state index contributed by atoms with van der Waals surface area (Å²) in [4.78, 5) is 24.8. The standard InChI is InChI=1S/C14H16N2O3/c17-13-9-16(14(18)7-15-13)8-10-5-6-19-12-4-2-1-3-11(10)12/h1-4,10H,5-9H2,(H,15,17). The van der Waals surface area contributed by atoms with Crippen molar-refractivity contribution in [3.8, 4) is 5.75 Å². The number of nitrogens with zero attached hydrogens (tertiary/aromatic N) is 1. The number of fused-ring (bicyclic) bond motifs is 1. The Morgan fingerprint density at radius 2 is 2.16 bits per heavy atom. The van der Waals surface area contributed by atoms with Crippen LogP contribution in [0, 0.1) is 0 Å². The van der Waals surface area contributed by atoms with Crippen LogP contribution in [0.1, 0.15) is 17.9 Å². The molecule has 0 bridgehead atoms. The first-order valence-electron chi connectivity index (χ1n) is 6.50. The lowest BCUT2D eigenvalue weighted by molar-refractivity contribution is -0.140. The first-order valence-corrected chi connectivity index (χ1v) is 6.50. The van der Waals surface area contributed by atoms with Crippen LogP contribution >= 0.6 is 0 Å². The van der Waals surface area contributed by atoms with Crippen LogP contribution in [0.25, 0.3) is 0 Å². The van der Waals surface area contributed by atoms with Crippen molar-refractivity contribution < 1.29 is 14.3 Å². The third-order valence-electron chi connectivity index (χ3n) is 3.65. The predicted octanol–water partition coefficient (Wildman–Crippen LogP) is 0.511. The van der Waals surface area contributed by atoms with Gasteiger partial charge in [0.15, 0.2) is 0 Å². The van der Waals surface area contributed by atoms with Crippen LogP contribution < -0.4 is 10.1 Å². The minimum Gasteiger partial charge on any atom is -0.493 e. The van der Waals surface area contributed by atoms with Crippen LogP contribution in [-0.4, -0.2) is 43.0 Å². The van der Waals surface area contributed by atoms with Gasteiger partial charge in [0.2, 0.25) is 11.8 Å². The highest BCUT2D eigenvalue weighted by atomic mass is 16.5.